The van der Waals surface area contributed by atoms with Gasteiger partial charge in [0.1, 0.15) is 18.4 Å². The Morgan fingerprint density at radius 1 is 0.818 bits per heavy atom. The second-order valence-electron chi connectivity index (χ2n) is 11.1. The van der Waals surface area contributed by atoms with Gasteiger partial charge >= 0.3 is 0 Å². The molecule has 2 amide bonds. The van der Waals surface area contributed by atoms with Crippen LogP contribution in [0.15, 0.2) is 114 Å². The maximum atomic E-state index is 14.4. The van der Waals surface area contributed by atoms with Crippen LogP contribution in [0.3, 0.4) is 0 Å². The summed E-state index contributed by atoms with van der Waals surface area (Å²) in [5.74, 6) is -1.27. The zero-order valence-corrected chi connectivity index (χ0v) is 26.0. The van der Waals surface area contributed by atoms with Crippen molar-refractivity contribution in [1.29, 1.82) is 0 Å². The second kappa shape index (κ2) is 14.8. The lowest BCUT2D eigenvalue weighted by Crippen LogP contribution is -2.53. The highest BCUT2D eigenvalue weighted by molar-refractivity contribution is 7.92. The molecule has 4 aromatic carbocycles. The van der Waals surface area contributed by atoms with Gasteiger partial charge < -0.3 is 10.2 Å². The molecule has 1 N–H and O–H groups in total. The van der Waals surface area contributed by atoms with Crippen LogP contribution < -0.4 is 9.62 Å². The third-order valence-corrected chi connectivity index (χ3v) is 9.07. The van der Waals surface area contributed by atoms with Crippen LogP contribution in [0.4, 0.5) is 10.1 Å². The van der Waals surface area contributed by atoms with Crippen LogP contribution in [-0.2, 0) is 32.6 Å². The van der Waals surface area contributed by atoms with Crippen LogP contribution in [0.2, 0.25) is 0 Å². The molecule has 0 radical (unpaired) electrons. The van der Waals surface area contributed by atoms with Crippen molar-refractivity contribution in [3.8, 4) is 0 Å². The zero-order valence-electron chi connectivity index (χ0n) is 25.2. The SMILES string of the molecule is Cc1ccccc1CN(C(=O)CN(c1ccccc1)S(=O)(=O)c1ccc(F)cc1)[C@H](Cc1ccccc1)C(=O)NCC(C)C. The maximum Gasteiger partial charge on any atom is 0.264 e. The van der Waals surface area contributed by atoms with Gasteiger partial charge in [-0.2, -0.15) is 0 Å². The van der Waals surface area contributed by atoms with E-state index in [2.05, 4.69) is 5.32 Å². The van der Waals surface area contributed by atoms with Gasteiger partial charge in [0.05, 0.1) is 10.6 Å². The average Bonchev–Trinajstić information content (AvgIpc) is 3.02. The molecule has 0 spiro atoms. The molecule has 0 heterocycles. The van der Waals surface area contributed by atoms with Crippen molar-refractivity contribution < 1.29 is 22.4 Å². The smallest absolute Gasteiger partial charge is 0.264 e. The van der Waals surface area contributed by atoms with E-state index in [4.69, 9.17) is 0 Å². The largest absolute Gasteiger partial charge is 0.354 e. The Morgan fingerprint density at radius 3 is 2.02 bits per heavy atom. The Balaban J connectivity index is 1.79. The molecule has 0 aromatic heterocycles. The van der Waals surface area contributed by atoms with Gasteiger partial charge in [-0.05, 0) is 65.9 Å². The van der Waals surface area contributed by atoms with Gasteiger partial charge in [-0.15, -0.1) is 0 Å². The minimum atomic E-state index is -4.29. The maximum absolute atomic E-state index is 14.4. The van der Waals surface area contributed by atoms with Gasteiger partial charge in [0.25, 0.3) is 10.0 Å². The van der Waals surface area contributed by atoms with Crippen LogP contribution in [0.25, 0.3) is 0 Å². The molecular formula is C35H38FN3O4S. The van der Waals surface area contributed by atoms with Crippen LogP contribution in [-0.4, -0.2) is 44.3 Å². The number of carbonyl (C=O) groups is 2. The first-order chi connectivity index (χ1) is 21.1. The first-order valence-corrected chi connectivity index (χ1v) is 16.0. The Kier molecular flexibility index (Phi) is 10.9. The average molecular weight is 616 g/mol. The van der Waals surface area contributed by atoms with Crippen molar-refractivity contribution in [2.24, 2.45) is 5.92 Å². The Morgan fingerprint density at radius 2 is 1.41 bits per heavy atom. The van der Waals surface area contributed by atoms with Gasteiger partial charge in [-0.1, -0.05) is 86.6 Å². The number of hydrogen-bond acceptors (Lipinski definition) is 4. The minimum Gasteiger partial charge on any atom is -0.354 e. The zero-order chi connectivity index (χ0) is 31.7. The molecule has 0 saturated carbocycles. The molecule has 44 heavy (non-hydrogen) atoms. The predicted octanol–water partition coefficient (Wildman–Crippen LogP) is 5.74. The third-order valence-electron chi connectivity index (χ3n) is 7.28. The second-order valence-corrected chi connectivity index (χ2v) is 13.0. The molecule has 4 aromatic rings. The Bertz CT molecular complexity index is 1650. The summed E-state index contributed by atoms with van der Waals surface area (Å²) in [6.45, 7) is 5.85. The van der Waals surface area contributed by atoms with Gasteiger partial charge in [-0.25, -0.2) is 12.8 Å². The monoisotopic (exact) mass is 615 g/mol. The van der Waals surface area contributed by atoms with E-state index < -0.39 is 34.3 Å². The van der Waals surface area contributed by atoms with Crippen LogP contribution in [0.1, 0.15) is 30.5 Å². The number of rotatable bonds is 13. The number of nitrogens with zero attached hydrogens (tertiary/aromatic N) is 2. The highest BCUT2D eigenvalue weighted by Crippen LogP contribution is 2.25. The summed E-state index contributed by atoms with van der Waals surface area (Å²) in [7, 11) is -4.29. The van der Waals surface area contributed by atoms with Gasteiger partial charge in [0, 0.05) is 19.5 Å². The number of hydrogen-bond donors (Lipinski definition) is 1. The van der Waals surface area contributed by atoms with Crippen molar-refractivity contribution >= 4 is 27.5 Å². The van der Waals surface area contributed by atoms with E-state index in [-0.39, 0.29) is 35.4 Å². The molecule has 0 aliphatic heterocycles. The highest BCUT2D eigenvalue weighted by Gasteiger charge is 2.34. The fraction of sp³-hybridized carbons (Fsp3) is 0.257. The normalized spacial score (nSPS) is 12.0. The number of carbonyl (C=O) groups excluding carboxylic acids is 2. The number of amides is 2. The minimum absolute atomic E-state index is 0.0946. The molecular weight excluding hydrogens is 577 g/mol. The lowest BCUT2D eigenvalue weighted by atomic mass is 10.0. The number of sulfonamides is 1. The van der Waals surface area contributed by atoms with Gasteiger partial charge in [0.15, 0.2) is 0 Å². The summed E-state index contributed by atoms with van der Waals surface area (Å²) in [5.41, 5.74) is 2.90. The molecule has 0 aliphatic rings. The number of benzene rings is 4. The lowest BCUT2D eigenvalue weighted by Gasteiger charge is -2.34. The molecule has 1 atom stereocenters. The van der Waals surface area contributed by atoms with Crippen molar-refractivity contribution in [2.45, 2.75) is 44.7 Å². The standard InChI is InChI=1S/C35H38FN3O4S/c1-26(2)23-37-35(41)33(22-28-13-6-4-7-14-28)38(24-29-15-11-10-12-27(29)3)34(40)25-39(31-16-8-5-9-17-31)44(42,43)32-20-18-30(36)19-21-32/h4-21,26,33H,22-25H2,1-3H3,(H,37,41)/t33-/m1/s1. The number of aryl methyl sites for hydroxylation is 1. The van der Waals surface area contributed by atoms with E-state index in [0.717, 1.165) is 33.1 Å². The van der Waals surface area contributed by atoms with Crippen molar-refractivity contribution in [1.82, 2.24) is 10.2 Å². The number of nitrogens with one attached hydrogen (secondary N) is 1. The first kappa shape index (κ1) is 32.4. The van der Waals surface area contributed by atoms with Crippen molar-refractivity contribution in [3.63, 3.8) is 0 Å². The molecule has 0 aliphatic carbocycles. The molecule has 0 saturated heterocycles. The predicted molar refractivity (Wildman–Crippen MR) is 171 cm³/mol. The van der Waals surface area contributed by atoms with E-state index >= 15 is 0 Å². The number of anilines is 1. The van der Waals surface area contributed by atoms with Crippen LogP contribution in [0, 0.1) is 18.7 Å². The van der Waals surface area contributed by atoms with E-state index in [1.54, 1.807) is 30.3 Å². The first-order valence-electron chi connectivity index (χ1n) is 14.5. The summed E-state index contributed by atoms with van der Waals surface area (Å²) in [5, 5.41) is 2.98. The van der Waals surface area contributed by atoms with Gasteiger partial charge in [0.2, 0.25) is 11.8 Å². The Hall–Kier alpha value is -4.50. The van der Waals surface area contributed by atoms with Crippen LogP contribution in [0.5, 0.6) is 0 Å². The topological polar surface area (TPSA) is 86.8 Å². The van der Waals surface area contributed by atoms with E-state index in [9.17, 15) is 22.4 Å². The number of para-hydroxylation sites is 1. The van der Waals surface area contributed by atoms with Crippen molar-refractivity contribution in [2.75, 3.05) is 17.4 Å². The molecule has 0 unspecified atom stereocenters. The molecule has 0 fully saturated rings. The molecule has 7 nitrogen and oxygen atoms in total. The van der Waals surface area contributed by atoms with E-state index in [1.807, 2.05) is 75.4 Å². The number of halogens is 1. The van der Waals surface area contributed by atoms with E-state index in [0.29, 0.717) is 6.54 Å². The molecule has 4 rings (SSSR count). The third kappa shape index (κ3) is 8.32. The van der Waals surface area contributed by atoms with E-state index in [1.165, 1.54) is 17.0 Å². The highest BCUT2D eigenvalue weighted by atomic mass is 32.2. The van der Waals surface area contributed by atoms with Crippen LogP contribution >= 0.6 is 0 Å². The Labute approximate surface area is 259 Å². The lowest BCUT2D eigenvalue weighted by molar-refractivity contribution is -0.140. The fourth-order valence-electron chi connectivity index (χ4n) is 4.80. The molecule has 230 valence electrons. The van der Waals surface area contributed by atoms with Gasteiger partial charge in [-0.3, -0.25) is 13.9 Å². The fourth-order valence-corrected chi connectivity index (χ4v) is 6.22. The molecule has 0 bridgehead atoms. The van der Waals surface area contributed by atoms with Crippen molar-refractivity contribution in [3.05, 3.63) is 132 Å². The summed E-state index contributed by atoms with van der Waals surface area (Å²) in [6, 6.07) is 28.9. The quantitative estimate of drug-likeness (QED) is 0.208. The summed E-state index contributed by atoms with van der Waals surface area (Å²) in [4.78, 5) is 29.6. The summed E-state index contributed by atoms with van der Waals surface area (Å²) in [6.07, 6.45) is 0.235. The molecule has 9 heteroatoms. The summed E-state index contributed by atoms with van der Waals surface area (Å²) < 4.78 is 42.6. The summed E-state index contributed by atoms with van der Waals surface area (Å²) >= 11 is 0.